The SMILES string of the molecule is COc1cccc(NC(=O)CSc2nnc(C3CC3)n2Cc2ccccc2)c1. The van der Waals surface area contributed by atoms with E-state index in [1.807, 2.05) is 36.4 Å². The van der Waals surface area contributed by atoms with E-state index in [1.54, 1.807) is 13.2 Å². The second-order valence-corrected chi connectivity index (χ2v) is 7.70. The molecule has 1 N–H and O–H groups in total. The van der Waals surface area contributed by atoms with Crippen LogP contribution in [0.25, 0.3) is 0 Å². The van der Waals surface area contributed by atoms with Gasteiger partial charge in [0.1, 0.15) is 11.6 Å². The van der Waals surface area contributed by atoms with Crippen molar-refractivity contribution in [2.75, 3.05) is 18.2 Å². The summed E-state index contributed by atoms with van der Waals surface area (Å²) >= 11 is 1.42. The van der Waals surface area contributed by atoms with E-state index >= 15 is 0 Å². The lowest BCUT2D eigenvalue weighted by Gasteiger charge is -2.10. The minimum Gasteiger partial charge on any atom is -0.497 e. The molecule has 144 valence electrons. The number of ether oxygens (including phenoxy) is 1. The largest absolute Gasteiger partial charge is 0.497 e. The molecule has 3 aromatic rings. The zero-order valence-corrected chi connectivity index (χ0v) is 16.5. The van der Waals surface area contributed by atoms with E-state index in [4.69, 9.17) is 4.74 Å². The molecular weight excluding hydrogens is 372 g/mol. The lowest BCUT2D eigenvalue weighted by molar-refractivity contribution is -0.113. The number of benzene rings is 2. The van der Waals surface area contributed by atoms with Crippen molar-refractivity contribution in [2.45, 2.75) is 30.5 Å². The summed E-state index contributed by atoms with van der Waals surface area (Å²) in [6.45, 7) is 0.722. The van der Waals surface area contributed by atoms with Crippen molar-refractivity contribution >= 4 is 23.4 Å². The first-order valence-corrected chi connectivity index (χ1v) is 10.2. The molecule has 0 spiro atoms. The van der Waals surface area contributed by atoms with Crippen molar-refractivity contribution in [2.24, 2.45) is 0 Å². The molecule has 1 saturated carbocycles. The topological polar surface area (TPSA) is 69.0 Å². The first kappa shape index (κ1) is 18.6. The van der Waals surface area contributed by atoms with Gasteiger partial charge in [-0.2, -0.15) is 0 Å². The second-order valence-electron chi connectivity index (χ2n) is 6.76. The van der Waals surface area contributed by atoms with Crippen molar-refractivity contribution in [3.05, 3.63) is 66.0 Å². The zero-order chi connectivity index (χ0) is 19.3. The minimum atomic E-state index is -0.0829. The predicted molar refractivity (Wildman–Crippen MR) is 110 cm³/mol. The molecule has 1 aliphatic carbocycles. The van der Waals surface area contributed by atoms with Crippen LogP contribution in [0.4, 0.5) is 5.69 Å². The first-order valence-electron chi connectivity index (χ1n) is 9.26. The van der Waals surface area contributed by atoms with Crippen LogP contribution in [0.1, 0.15) is 30.1 Å². The van der Waals surface area contributed by atoms with Crippen LogP contribution in [0, 0.1) is 0 Å². The van der Waals surface area contributed by atoms with Gasteiger partial charge >= 0.3 is 0 Å². The summed E-state index contributed by atoms with van der Waals surface area (Å²) in [7, 11) is 1.60. The number of hydrogen-bond acceptors (Lipinski definition) is 5. The van der Waals surface area contributed by atoms with Crippen molar-refractivity contribution in [1.82, 2.24) is 14.8 Å². The molecule has 0 atom stereocenters. The van der Waals surface area contributed by atoms with Crippen LogP contribution in [0.3, 0.4) is 0 Å². The van der Waals surface area contributed by atoms with Gasteiger partial charge in [0.25, 0.3) is 0 Å². The zero-order valence-electron chi connectivity index (χ0n) is 15.7. The predicted octanol–water partition coefficient (Wildman–Crippen LogP) is 3.94. The molecule has 1 heterocycles. The summed E-state index contributed by atoms with van der Waals surface area (Å²) < 4.78 is 7.34. The fraction of sp³-hybridized carbons (Fsp3) is 0.286. The third-order valence-corrected chi connectivity index (χ3v) is 5.52. The quantitative estimate of drug-likeness (QED) is 0.586. The smallest absolute Gasteiger partial charge is 0.234 e. The average molecular weight is 395 g/mol. The highest BCUT2D eigenvalue weighted by molar-refractivity contribution is 7.99. The number of thioether (sulfide) groups is 1. The summed E-state index contributed by atoms with van der Waals surface area (Å²) in [6, 6.07) is 17.6. The van der Waals surface area contributed by atoms with Crippen molar-refractivity contribution < 1.29 is 9.53 Å². The van der Waals surface area contributed by atoms with Crippen molar-refractivity contribution in [3.63, 3.8) is 0 Å². The van der Waals surface area contributed by atoms with Crippen LogP contribution < -0.4 is 10.1 Å². The third-order valence-electron chi connectivity index (χ3n) is 4.56. The average Bonchev–Trinajstić information content (AvgIpc) is 3.49. The summed E-state index contributed by atoms with van der Waals surface area (Å²) in [5.41, 5.74) is 1.92. The Morgan fingerprint density at radius 3 is 2.75 bits per heavy atom. The van der Waals surface area contributed by atoms with E-state index in [2.05, 4.69) is 32.2 Å². The standard InChI is InChI=1S/C21H22N4O2S/c1-27-18-9-5-8-17(12-18)22-19(26)14-28-21-24-23-20(16-10-11-16)25(21)13-15-6-3-2-4-7-15/h2-9,12,16H,10-11,13-14H2,1H3,(H,22,26). The molecule has 1 fully saturated rings. The number of nitrogens with one attached hydrogen (secondary N) is 1. The highest BCUT2D eigenvalue weighted by Gasteiger charge is 2.30. The summed E-state index contributed by atoms with van der Waals surface area (Å²) in [5.74, 6) is 2.42. The highest BCUT2D eigenvalue weighted by Crippen LogP contribution is 2.40. The number of anilines is 1. The molecule has 7 heteroatoms. The molecule has 28 heavy (non-hydrogen) atoms. The molecular formula is C21H22N4O2S. The molecule has 1 amide bonds. The van der Waals surface area contributed by atoms with Gasteiger partial charge in [-0.05, 0) is 30.5 Å². The molecule has 1 aromatic heterocycles. The summed E-state index contributed by atoms with van der Waals surface area (Å²) in [6.07, 6.45) is 2.32. The van der Waals surface area contributed by atoms with Crippen molar-refractivity contribution in [3.8, 4) is 5.75 Å². The van der Waals surface area contributed by atoms with Crippen LogP contribution in [0.2, 0.25) is 0 Å². The summed E-state index contributed by atoms with van der Waals surface area (Å²) in [4.78, 5) is 12.4. The molecule has 0 bridgehead atoms. The number of aromatic nitrogens is 3. The van der Waals surface area contributed by atoms with Gasteiger partial charge in [-0.15, -0.1) is 10.2 Å². The Labute approximate surface area is 168 Å². The lowest BCUT2D eigenvalue weighted by Crippen LogP contribution is -2.15. The Kier molecular flexibility index (Phi) is 5.62. The maximum atomic E-state index is 12.4. The van der Waals surface area contributed by atoms with Gasteiger partial charge in [0.15, 0.2) is 5.16 Å². The molecule has 1 aliphatic rings. The molecule has 6 nitrogen and oxygen atoms in total. The van der Waals surface area contributed by atoms with Crippen LogP contribution in [0.5, 0.6) is 5.75 Å². The van der Waals surface area contributed by atoms with Gasteiger partial charge in [-0.3, -0.25) is 4.79 Å². The monoisotopic (exact) mass is 394 g/mol. The molecule has 0 aliphatic heterocycles. The van der Waals surface area contributed by atoms with Crippen LogP contribution in [-0.2, 0) is 11.3 Å². The van der Waals surface area contributed by atoms with E-state index in [-0.39, 0.29) is 11.7 Å². The van der Waals surface area contributed by atoms with E-state index in [0.29, 0.717) is 11.7 Å². The molecule has 0 saturated heterocycles. The van der Waals surface area contributed by atoms with E-state index in [0.717, 1.165) is 36.1 Å². The lowest BCUT2D eigenvalue weighted by atomic mass is 10.2. The second kappa shape index (κ2) is 8.48. The number of hydrogen-bond donors (Lipinski definition) is 1. The van der Waals surface area contributed by atoms with Gasteiger partial charge in [0.05, 0.1) is 19.4 Å². The Morgan fingerprint density at radius 1 is 1.18 bits per heavy atom. The number of amides is 1. The molecule has 2 aromatic carbocycles. The first-order chi connectivity index (χ1) is 13.7. The van der Waals surface area contributed by atoms with Crippen LogP contribution >= 0.6 is 11.8 Å². The number of carbonyl (C=O) groups excluding carboxylic acids is 1. The Bertz CT molecular complexity index is 954. The van der Waals surface area contributed by atoms with E-state index < -0.39 is 0 Å². The fourth-order valence-electron chi connectivity index (χ4n) is 2.99. The van der Waals surface area contributed by atoms with Gasteiger partial charge in [-0.25, -0.2) is 0 Å². The number of methoxy groups -OCH3 is 1. The Morgan fingerprint density at radius 2 is 2.00 bits per heavy atom. The number of rotatable bonds is 8. The van der Waals surface area contributed by atoms with E-state index in [9.17, 15) is 4.79 Å². The number of nitrogens with zero attached hydrogens (tertiary/aromatic N) is 3. The van der Waals surface area contributed by atoms with E-state index in [1.165, 1.54) is 17.3 Å². The summed E-state index contributed by atoms with van der Waals surface area (Å²) in [5, 5.41) is 12.4. The molecule has 4 rings (SSSR count). The maximum Gasteiger partial charge on any atom is 0.234 e. The van der Waals surface area contributed by atoms with Gasteiger partial charge < -0.3 is 14.6 Å². The molecule has 0 unspecified atom stereocenters. The fourth-order valence-corrected chi connectivity index (χ4v) is 3.74. The van der Waals surface area contributed by atoms with Gasteiger partial charge in [0, 0.05) is 17.7 Å². The maximum absolute atomic E-state index is 12.4. The highest BCUT2D eigenvalue weighted by atomic mass is 32.2. The Hall–Kier alpha value is -2.80. The third kappa shape index (κ3) is 4.54. The Balaban J connectivity index is 1.43. The minimum absolute atomic E-state index is 0.0829. The van der Waals surface area contributed by atoms with Gasteiger partial charge in [-0.1, -0.05) is 48.2 Å². The van der Waals surface area contributed by atoms with Crippen molar-refractivity contribution in [1.29, 1.82) is 0 Å². The number of carbonyl (C=O) groups is 1. The molecule has 0 radical (unpaired) electrons. The van der Waals surface area contributed by atoms with Gasteiger partial charge in [0.2, 0.25) is 5.91 Å². The van der Waals surface area contributed by atoms with Crippen LogP contribution in [-0.4, -0.2) is 33.5 Å². The normalized spacial score (nSPS) is 13.3. The van der Waals surface area contributed by atoms with Crippen LogP contribution in [0.15, 0.2) is 59.8 Å².